The van der Waals surface area contributed by atoms with Crippen molar-refractivity contribution < 1.29 is 9.47 Å². The molecule has 0 radical (unpaired) electrons. The molecule has 2 saturated carbocycles. The molecular weight excluding hydrogens is 260 g/mol. The van der Waals surface area contributed by atoms with Crippen molar-refractivity contribution in [3.05, 3.63) is 24.3 Å². The van der Waals surface area contributed by atoms with Crippen molar-refractivity contribution in [2.45, 2.75) is 45.3 Å². The largest absolute Gasteiger partial charge is 0.350 e. The van der Waals surface area contributed by atoms with Crippen LogP contribution in [0.4, 0.5) is 0 Å². The van der Waals surface area contributed by atoms with E-state index in [9.17, 15) is 0 Å². The Bertz CT molecular complexity index is 410. The first-order valence-electron chi connectivity index (χ1n) is 8.73. The van der Waals surface area contributed by atoms with Gasteiger partial charge in [-0.25, -0.2) is 0 Å². The SMILES string of the molecule is CC(C)(OCC1CC2C=CC1C2)OCC1CC2C=C[C@H]1C2. The molecule has 21 heavy (non-hydrogen) atoms. The lowest BCUT2D eigenvalue weighted by molar-refractivity contribution is -0.226. The second kappa shape index (κ2) is 5.24. The molecule has 2 nitrogen and oxygen atoms in total. The van der Waals surface area contributed by atoms with Gasteiger partial charge in [0.1, 0.15) is 0 Å². The van der Waals surface area contributed by atoms with E-state index in [0.29, 0.717) is 11.8 Å². The number of allylic oxidation sites excluding steroid dienone is 4. The maximum atomic E-state index is 6.13. The second-order valence-corrected chi connectivity index (χ2v) is 8.10. The normalized spacial score (nSPS) is 43.3. The molecular formula is C19H28O2. The Morgan fingerprint density at radius 3 is 1.57 bits per heavy atom. The summed E-state index contributed by atoms with van der Waals surface area (Å²) in [6.45, 7) is 5.88. The zero-order valence-corrected chi connectivity index (χ0v) is 13.3. The summed E-state index contributed by atoms with van der Waals surface area (Å²) >= 11 is 0. The van der Waals surface area contributed by atoms with E-state index in [-0.39, 0.29) is 0 Å². The highest BCUT2D eigenvalue weighted by molar-refractivity contribution is 5.10. The summed E-state index contributed by atoms with van der Waals surface area (Å²) in [4.78, 5) is 0. The van der Waals surface area contributed by atoms with Crippen molar-refractivity contribution in [3.63, 3.8) is 0 Å². The summed E-state index contributed by atoms with van der Waals surface area (Å²) in [5.74, 6) is 4.18. The van der Waals surface area contributed by atoms with Crippen LogP contribution in [-0.2, 0) is 9.47 Å². The van der Waals surface area contributed by atoms with Gasteiger partial charge < -0.3 is 9.47 Å². The summed E-state index contributed by atoms with van der Waals surface area (Å²) in [5, 5.41) is 0. The van der Waals surface area contributed by atoms with Gasteiger partial charge in [0, 0.05) is 0 Å². The van der Waals surface area contributed by atoms with Crippen LogP contribution in [0.5, 0.6) is 0 Å². The molecule has 6 atom stereocenters. The van der Waals surface area contributed by atoms with Crippen LogP contribution < -0.4 is 0 Å². The van der Waals surface area contributed by atoms with E-state index >= 15 is 0 Å². The van der Waals surface area contributed by atoms with E-state index in [1.165, 1.54) is 25.7 Å². The van der Waals surface area contributed by atoms with Gasteiger partial charge in [-0.3, -0.25) is 0 Å². The highest BCUT2D eigenvalue weighted by atomic mass is 16.7. The minimum absolute atomic E-state index is 0.433. The first kappa shape index (κ1) is 14.0. The van der Waals surface area contributed by atoms with Crippen LogP contribution in [0, 0.1) is 35.5 Å². The third-order valence-corrected chi connectivity index (χ3v) is 6.12. The minimum Gasteiger partial charge on any atom is -0.350 e. The molecule has 4 rings (SSSR count). The maximum absolute atomic E-state index is 6.13. The summed E-state index contributed by atoms with van der Waals surface area (Å²) in [5.41, 5.74) is 0. The smallest absolute Gasteiger partial charge is 0.162 e. The zero-order chi connectivity index (χ0) is 14.4. The molecule has 4 bridgehead atoms. The topological polar surface area (TPSA) is 18.5 Å². The molecule has 0 spiro atoms. The van der Waals surface area contributed by atoms with Crippen molar-refractivity contribution in [1.82, 2.24) is 0 Å². The fraction of sp³-hybridized carbons (Fsp3) is 0.789. The molecule has 2 heteroatoms. The maximum Gasteiger partial charge on any atom is 0.162 e. The fourth-order valence-electron chi connectivity index (χ4n) is 4.83. The summed E-state index contributed by atoms with van der Waals surface area (Å²) in [6, 6.07) is 0. The van der Waals surface area contributed by atoms with Crippen molar-refractivity contribution in [2.24, 2.45) is 35.5 Å². The Labute approximate surface area is 128 Å². The Kier molecular flexibility index (Phi) is 3.50. The van der Waals surface area contributed by atoms with Gasteiger partial charge in [0.15, 0.2) is 5.79 Å². The monoisotopic (exact) mass is 288 g/mol. The summed E-state index contributed by atoms with van der Waals surface area (Å²) in [7, 11) is 0. The number of hydrogen-bond acceptors (Lipinski definition) is 2. The third-order valence-electron chi connectivity index (χ3n) is 6.12. The fourth-order valence-corrected chi connectivity index (χ4v) is 4.83. The standard InChI is InChI=1S/C19H28O2/c1-19(2,20-11-17-9-13-3-5-15(17)7-13)21-12-18-10-14-4-6-16(18)8-14/h3-6,13-18H,7-12H2,1-2H3/t13?,14?,15-,16?,17?,18?/m0/s1. The van der Waals surface area contributed by atoms with E-state index < -0.39 is 5.79 Å². The van der Waals surface area contributed by atoms with Crippen molar-refractivity contribution in [1.29, 1.82) is 0 Å². The van der Waals surface area contributed by atoms with E-state index in [2.05, 4.69) is 38.2 Å². The number of ether oxygens (including phenoxy) is 2. The van der Waals surface area contributed by atoms with E-state index in [0.717, 1.165) is 36.9 Å². The molecule has 4 aliphatic carbocycles. The quantitative estimate of drug-likeness (QED) is 0.539. The Balaban J connectivity index is 1.23. The Hall–Kier alpha value is -0.600. The van der Waals surface area contributed by atoms with Crippen LogP contribution in [0.3, 0.4) is 0 Å². The molecule has 4 aliphatic rings. The lowest BCUT2D eigenvalue weighted by Crippen LogP contribution is -2.34. The molecule has 0 aliphatic heterocycles. The molecule has 5 unspecified atom stereocenters. The third kappa shape index (κ3) is 2.85. The lowest BCUT2D eigenvalue weighted by atomic mass is 9.94. The van der Waals surface area contributed by atoms with Crippen molar-refractivity contribution in [2.75, 3.05) is 13.2 Å². The Morgan fingerprint density at radius 2 is 1.24 bits per heavy atom. The van der Waals surface area contributed by atoms with Crippen LogP contribution >= 0.6 is 0 Å². The number of hydrogen-bond donors (Lipinski definition) is 0. The molecule has 0 saturated heterocycles. The molecule has 0 aromatic heterocycles. The first-order valence-corrected chi connectivity index (χ1v) is 8.73. The van der Waals surface area contributed by atoms with Crippen LogP contribution in [0.2, 0.25) is 0 Å². The highest BCUT2D eigenvalue weighted by Crippen LogP contribution is 2.45. The van der Waals surface area contributed by atoms with Gasteiger partial charge in [-0.2, -0.15) is 0 Å². The number of fused-ring (bicyclic) bond motifs is 4. The summed E-state index contributed by atoms with van der Waals surface area (Å²) in [6.07, 6.45) is 14.9. The Morgan fingerprint density at radius 1 is 0.762 bits per heavy atom. The molecule has 0 amide bonds. The first-order chi connectivity index (χ1) is 10.1. The van der Waals surface area contributed by atoms with Crippen LogP contribution in [0.15, 0.2) is 24.3 Å². The molecule has 0 aromatic carbocycles. The van der Waals surface area contributed by atoms with Gasteiger partial charge in [-0.1, -0.05) is 24.3 Å². The zero-order valence-electron chi connectivity index (χ0n) is 13.3. The van der Waals surface area contributed by atoms with E-state index in [1.54, 1.807) is 0 Å². The highest BCUT2D eigenvalue weighted by Gasteiger charge is 2.38. The van der Waals surface area contributed by atoms with Crippen LogP contribution in [0.25, 0.3) is 0 Å². The van der Waals surface area contributed by atoms with Gasteiger partial charge in [-0.05, 0) is 75.0 Å². The van der Waals surface area contributed by atoms with E-state index in [4.69, 9.17) is 9.47 Å². The molecule has 116 valence electrons. The van der Waals surface area contributed by atoms with Crippen molar-refractivity contribution >= 4 is 0 Å². The van der Waals surface area contributed by atoms with Gasteiger partial charge in [0.2, 0.25) is 0 Å². The second-order valence-electron chi connectivity index (χ2n) is 8.10. The molecule has 2 fully saturated rings. The van der Waals surface area contributed by atoms with Crippen LogP contribution in [-0.4, -0.2) is 19.0 Å². The van der Waals surface area contributed by atoms with Gasteiger partial charge in [0.05, 0.1) is 13.2 Å². The van der Waals surface area contributed by atoms with E-state index in [1.807, 2.05) is 0 Å². The molecule has 0 N–H and O–H groups in total. The average Bonchev–Trinajstić information content (AvgIpc) is 3.22. The lowest BCUT2D eigenvalue weighted by Gasteiger charge is -2.31. The molecule has 0 aromatic rings. The van der Waals surface area contributed by atoms with Gasteiger partial charge in [0.25, 0.3) is 0 Å². The van der Waals surface area contributed by atoms with Gasteiger partial charge in [-0.15, -0.1) is 0 Å². The predicted octanol–water partition coefficient (Wildman–Crippen LogP) is 4.18. The van der Waals surface area contributed by atoms with Gasteiger partial charge >= 0.3 is 0 Å². The molecule has 0 heterocycles. The summed E-state index contributed by atoms with van der Waals surface area (Å²) < 4.78 is 12.3. The number of rotatable bonds is 6. The van der Waals surface area contributed by atoms with Crippen molar-refractivity contribution in [3.8, 4) is 0 Å². The average molecular weight is 288 g/mol. The minimum atomic E-state index is -0.433. The van der Waals surface area contributed by atoms with Crippen LogP contribution in [0.1, 0.15) is 39.5 Å². The predicted molar refractivity (Wildman–Crippen MR) is 83.7 cm³/mol.